The molecule has 2 bridgehead atoms. The van der Waals surface area contributed by atoms with Gasteiger partial charge in [-0.25, -0.2) is 0 Å². The molecule has 0 aromatic heterocycles. The van der Waals surface area contributed by atoms with Crippen molar-refractivity contribution in [3.8, 4) is 0 Å². The van der Waals surface area contributed by atoms with Gasteiger partial charge in [0, 0.05) is 12.1 Å². The fourth-order valence-electron chi connectivity index (χ4n) is 2.77. The number of carboxylic acids is 1. The molecule has 2 heterocycles. The predicted octanol–water partition coefficient (Wildman–Crippen LogP) is -0.0854. The Morgan fingerprint density at radius 3 is 2.77 bits per heavy atom. The fraction of sp³-hybridized carbons (Fsp3) is 0.889. The highest BCUT2D eigenvalue weighted by Gasteiger charge is 2.48. The van der Waals surface area contributed by atoms with E-state index in [0.29, 0.717) is 12.5 Å². The van der Waals surface area contributed by atoms with Gasteiger partial charge in [-0.3, -0.25) is 9.69 Å². The monoisotopic (exact) mass is 185 g/mol. The van der Waals surface area contributed by atoms with Crippen LogP contribution in [0, 0.1) is 5.92 Å². The number of hydrogen-bond donors (Lipinski definition) is 2. The highest BCUT2D eigenvalue weighted by Crippen LogP contribution is 2.38. The highest BCUT2D eigenvalue weighted by atomic mass is 16.4. The van der Waals surface area contributed by atoms with Gasteiger partial charge in [0.1, 0.15) is 0 Å². The molecule has 0 unspecified atom stereocenters. The van der Waals surface area contributed by atoms with Crippen LogP contribution in [-0.2, 0) is 4.79 Å². The first-order chi connectivity index (χ1) is 6.11. The van der Waals surface area contributed by atoms with Crippen LogP contribution in [0.1, 0.15) is 19.3 Å². The molecule has 0 saturated carbocycles. The normalized spacial score (nSPS) is 45.1. The number of aliphatic hydroxyl groups excluding tert-OH is 1. The van der Waals surface area contributed by atoms with Crippen LogP contribution in [0.4, 0.5) is 0 Å². The summed E-state index contributed by atoms with van der Waals surface area (Å²) < 4.78 is 0. The van der Waals surface area contributed by atoms with E-state index in [1.165, 1.54) is 0 Å². The summed E-state index contributed by atoms with van der Waals surface area (Å²) in [5.41, 5.74) is 0. The lowest BCUT2D eigenvalue weighted by Gasteiger charge is -2.38. The lowest BCUT2D eigenvalue weighted by atomic mass is 9.88. The Bertz CT molecular complexity index is 231. The summed E-state index contributed by atoms with van der Waals surface area (Å²) in [7, 11) is 1.96. The molecular formula is C9H15NO3. The molecule has 4 nitrogen and oxygen atoms in total. The van der Waals surface area contributed by atoms with Crippen LogP contribution in [-0.4, -0.2) is 46.3 Å². The van der Waals surface area contributed by atoms with Crippen LogP contribution in [0.2, 0.25) is 0 Å². The van der Waals surface area contributed by atoms with Gasteiger partial charge in [-0.05, 0) is 26.3 Å². The second-order valence-electron chi connectivity index (χ2n) is 4.13. The van der Waals surface area contributed by atoms with Crippen molar-refractivity contribution in [1.82, 2.24) is 4.90 Å². The van der Waals surface area contributed by atoms with E-state index < -0.39 is 18.0 Å². The first-order valence-electron chi connectivity index (χ1n) is 4.74. The van der Waals surface area contributed by atoms with Crippen molar-refractivity contribution in [2.24, 2.45) is 5.92 Å². The van der Waals surface area contributed by atoms with E-state index in [-0.39, 0.29) is 6.04 Å². The number of rotatable bonds is 1. The standard InChI is InChI=1S/C9H15NO3/c1-10-5-2-3-6(10)8(9(12)13)7(11)4-5/h5-8,11H,2-4H2,1H3,(H,12,13)/t5-,6-,7-,8+/m1/s1. The van der Waals surface area contributed by atoms with E-state index >= 15 is 0 Å². The SMILES string of the molecule is CN1[C@@H]2CC[C@@H]1[C@H](C(=O)O)[C@H](O)C2. The number of fused-ring (bicyclic) bond motifs is 2. The van der Waals surface area contributed by atoms with Crippen molar-refractivity contribution < 1.29 is 15.0 Å². The molecule has 2 fully saturated rings. The minimum Gasteiger partial charge on any atom is -0.481 e. The van der Waals surface area contributed by atoms with Gasteiger partial charge in [-0.2, -0.15) is 0 Å². The summed E-state index contributed by atoms with van der Waals surface area (Å²) in [5, 5.41) is 18.6. The molecule has 0 aromatic carbocycles. The van der Waals surface area contributed by atoms with E-state index in [1.807, 2.05) is 7.05 Å². The summed E-state index contributed by atoms with van der Waals surface area (Å²) in [4.78, 5) is 13.0. The van der Waals surface area contributed by atoms with Crippen LogP contribution in [0.25, 0.3) is 0 Å². The van der Waals surface area contributed by atoms with Gasteiger partial charge < -0.3 is 10.2 Å². The highest BCUT2D eigenvalue weighted by molar-refractivity contribution is 5.72. The lowest BCUT2D eigenvalue weighted by Crippen LogP contribution is -2.51. The van der Waals surface area contributed by atoms with Crippen molar-refractivity contribution in [3.63, 3.8) is 0 Å². The van der Waals surface area contributed by atoms with Gasteiger partial charge >= 0.3 is 5.97 Å². The molecule has 2 saturated heterocycles. The Morgan fingerprint density at radius 2 is 2.15 bits per heavy atom. The Morgan fingerprint density at radius 1 is 1.46 bits per heavy atom. The maximum Gasteiger partial charge on any atom is 0.310 e. The molecule has 4 atom stereocenters. The zero-order valence-electron chi connectivity index (χ0n) is 7.68. The smallest absolute Gasteiger partial charge is 0.310 e. The number of carbonyl (C=O) groups is 1. The largest absolute Gasteiger partial charge is 0.481 e. The molecular weight excluding hydrogens is 170 g/mol. The van der Waals surface area contributed by atoms with Crippen LogP contribution < -0.4 is 0 Å². The third-order valence-electron chi connectivity index (χ3n) is 3.52. The van der Waals surface area contributed by atoms with Gasteiger partial charge in [-0.15, -0.1) is 0 Å². The van der Waals surface area contributed by atoms with Gasteiger partial charge in [0.25, 0.3) is 0 Å². The molecule has 0 amide bonds. The van der Waals surface area contributed by atoms with Crippen LogP contribution in [0.3, 0.4) is 0 Å². The second-order valence-corrected chi connectivity index (χ2v) is 4.13. The number of aliphatic hydroxyl groups is 1. The summed E-state index contributed by atoms with van der Waals surface area (Å²) in [6.07, 6.45) is 1.91. The Hall–Kier alpha value is -0.610. The molecule has 2 N–H and O–H groups in total. The third kappa shape index (κ3) is 1.25. The van der Waals surface area contributed by atoms with Crippen molar-refractivity contribution in [2.75, 3.05) is 7.05 Å². The molecule has 0 aliphatic carbocycles. The fourth-order valence-corrected chi connectivity index (χ4v) is 2.77. The third-order valence-corrected chi connectivity index (χ3v) is 3.52. The molecule has 2 aliphatic rings. The molecule has 2 rings (SSSR count). The molecule has 0 aromatic rings. The number of carboxylic acid groups (broad SMARTS) is 1. The number of piperidine rings is 1. The topological polar surface area (TPSA) is 60.8 Å². The van der Waals surface area contributed by atoms with E-state index in [4.69, 9.17) is 5.11 Å². The summed E-state index contributed by atoms with van der Waals surface area (Å²) in [5.74, 6) is -1.44. The summed E-state index contributed by atoms with van der Waals surface area (Å²) >= 11 is 0. The molecule has 2 aliphatic heterocycles. The van der Waals surface area contributed by atoms with Crippen LogP contribution >= 0.6 is 0 Å². The van der Waals surface area contributed by atoms with E-state index in [0.717, 1.165) is 12.8 Å². The molecule has 13 heavy (non-hydrogen) atoms. The van der Waals surface area contributed by atoms with E-state index in [9.17, 15) is 9.90 Å². The number of hydrogen-bond acceptors (Lipinski definition) is 3. The Balaban J connectivity index is 2.21. The minimum atomic E-state index is -0.857. The van der Waals surface area contributed by atoms with Crippen molar-refractivity contribution in [3.05, 3.63) is 0 Å². The van der Waals surface area contributed by atoms with Gasteiger partial charge in [0.15, 0.2) is 0 Å². The summed E-state index contributed by atoms with van der Waals surface area (Å²) in [6, 6.07) is 0.446. The second kappa shape index (κ2) is 2.96. The van der Waals surface area contributed by atoms with Crippen molar-refractivity contribution in [1.29, 1.82) is 0 Å². The molecule has 0 spiro atoms. The molecule has 0 radical (unpaired) electrons. The maximum absolute atomic E-state index is 10.9. The molecule has 4 heteroatoms. The quantitative estimate of drug-likeness (QED) is 0.599. The maximum atomic E-state index is 10.9. The first-order valence-corrected chi connectivity index (χ1v) is 4.74. The zero-order chi connectivity index (χ0) is 9.59. The summed E-state index contributed by atoms with van der Waals surface area (Å²) in [6.45, 7) is 0. The average molecular weight is 185 g/mol. The predicted molar refractivity (Wildman–Crippen MR) is 46.3 cm³/mol. The van der Waals surface area contributed by atoms with E-state index in [1.54, 1.807) is 0 Å². The number of nitrogens with zero attached hydrogens (tertiary/aromatic N) is 1. The van der Waals surface area contributed by atoms with E-state index in [2.05, 4.69) is 4.90 Å². The first kappa shape index (κ1) is 8.97. The zero-order valence-corrected chi connectivity index (χ0v) is 7.68. The van der Waals surface area contributed by atoms with Crippen molar-refractivity contribution >= 4 is 5.97 Å². The van der Waals surface area contributed by atoms with Gasteiger partial charge in [0.05, 0.1) is 12.0 Å². The Kier molecular flexibility index (Phi) is 2.04. The van der Waals surface area contributed by atoms with Gasteiger partial charge in [0.2, 0.25) is 0 Å². The number of aliphatic carboxylic acids is 1. The van der Waals surface area contributed by atoms with Crippen molar-refractivity contribution in [2.45, 2.75) is 37.5 Å². The molecule has 74 valence electrons. The van der Waals surface area contributed by atoms with Crippen LogP contribution in [0.15, 0.2) is 0 Å². The average Bonchev–Trinajstić information content (AvgIpc) is 2.34. The van der Waals surface area contributed by atoms with Gasteiger partial charge in [-0.1, -0.05) is 0 Å². The Labute approximate surface area is 77.2 Å². The minimum absolute atomic E-state index is 0.0475. The lowest BCUT2D eigenvalue weighted by molar-refractivity contribution is -0.151. The van der Waals surface area contributed by atoms with Crippen LogP contribution in [0.5, 0.6) is 0 Å².